The average Bonchev–Trinajstić information content (AvgIpc) is 2.73. The number of fused-ring (bicyclic) bond motifs is 1. The number of alkyl halides is 3. The fourth-order valence-electron chi connectivity index (χ4n) is 3.16. The summed E-state index contributed by atoms with van der Waals surface area (Å²) in [5.74, 6) is 0.555. The minimum Gasteiger partial charge on any atom is -0.489 e. The molecule has 0 atom stereocenters. The first-order chi connectivity index (χ1) is 14.3. The number of aromatic nitrogens is 1. The van der Waals surface area contributed by atoms with Crippen LogP contribution in [0.2, 0.25) is 0 Å². The molecule has 0 saturated heterocycles. The summed E-state index contributed by atoms with van der Waals surface area (Å²) in [6, 6.07) is 12.9. The molecule has 154 valence electrons. The number of para-hydroxylation sites is 1. The van der Waals surface area contributed by atoms with Crippen LogP contribution in [0.3, 0.4) is 0 Å². The van der Waals surface area contributed by atoms with Gasteiger partial charge in [-0.2, -0.15) is 13.2 Å². The third-order valence-electron chi connectivity index (χ3n) is 4.61. The van der Waals surface area contributed by atoms with E-state index in [1.807, 2.05) is 4.90 Å². The van der Waals surface area contributed by atoms with Crippen molar-refractivity contribution in [3.8, 4) is 5.75 Å². The SMILES string of the molecule is Nc1ccc(N2CCOc3c(C(=O)Nc4ccc(C(F)(F)F)cc4)cccc32)nc1. The van der Waals surface area contributed by atoms with E-state index in [9.17, 15) is 18.0 Å². The minimum atomic E-state index is -4.44. The number of nitrogens with one attached hydrogen (secondary N) is 1. The number of amides is 1. The van der Waals surface area contributed by atoms with E-state index in [1.165, 1.54) is 12.1 Å². The maximum absolute atomic E-state index is 12.8. The summed E-state index contributed by atoms with van der Waals surface area (Å²) in [7, 11) is 0. The van der Waals surface area contributed by atoms with Crippen molar-refractivity contribution < 1.29 is 22.7 Å². The van der Waals surface area contributed by atoms with Crippen molar-refractivity contribution in [2.45, 2.75) is 6.18 Å². The minimum absolute atomic E-state index is 0.249. The van der Waals surface area contributed by atoms with Gasteiger partial charge < -0.3 is 20.7 Å². The maximum atomic E-state index is 12.8. The molecule has 3 aromatic rings. The van der Waals surface area contributed by atoms with E-state index in [0.29, 0.717) is 36.1 Å². The number of anilines is 4. The van der Waals surface area contributed by atoms with Gasteiger partial charge in [0.05, 0.1) is 35.2 Å². The largest absolute Gasteiger partial charge is 0.489 e. The third-order valence-corrected chi connectivity index (χ3v) is 4.61. The predicted molar refractivity (Wildman–Crippen MR) is 107 cm³/mol. The summed E-state index contributed by atoms with van der Waals surface area (Å²) in [5.41, 5.74) is 6.64. The topological polar surface area (TPSA) is 80.5 Å². The van der Waals surface area contributed by atoms with Crippen molar-refractivity contribution in [3.05, 3.63) is 71.9 Å². The van der Waals surface area contributed by atoms with Crippen LogP contribution in [0.4, 0.5) is 36.1 Å². The summed E-state index contributed by atoms with van der Waals surface area (Å²) in [6.45, 7) is 0.873. The van der Waals surface area contributed by atoms with Crippen LogP contribution >= 0.6 is 0 Å². The van der Waals surface area contributed by atoms with E-state index in [4.69, 9.17) is 10.5 Å². The van der Waals surface area contributed by atoms with Gasteiger partial charge in [0.25, 0.3) is 5.91 Å². The monoisotopic (exact) mass is 414 g/mol. The van der Waals surface area contributed by atoms with Gasteiger partial charge in [0, 0.05) is 5.69 Å². The van der Waals surface area contributed by atoms with Gasteiger partial charge in [-0.05, 0) is 48.5 Å². The Kier molecular flexibility index (Phi) is 4.94. The van der Waals surface area contributed by atoms with Gasteiger partial charge in [-0.15, -0.1) is 0 Å². The first kappa shape index (κ1) is 19.6. The maximum Gasteiger partial charge on any atom is 0.416 e. The Balaban J connectivity index is 1.60. The van der Waals surface area contributed by atoms with Crippen LogP contribution in [-0.2, 0) is 6.18 Å². The Hall–Kier alpha value is -3.75. The number of pyridine rings is 1. The van der Waals surface area contributed by atoms with Crippen LogP contribution in [0, 0.1) is 0 Å². The Morgan fingerprint density at radius 2 is 1.87 bits per heavy atom. The molecular formula is C21H17F3N4O2. The standard InChI is InChI=1S/C21H17F3N4O2/c22-21(23,24)13-4-7-15(8-5-13)27-20(29)16-2-1-3-17-19(16)30-11-10-28(17)18-9-6-14(25)12-26-18/h1-9,12H,10-11,25H2,(H,27,29). The number of hydrogen-bond donors (Lipinski definition) is 2. The third kappa shape index (κ3) is 3.86. The van der Waals surface area contributed by atoms with Gasteiger partial charge in [0.15, 0.2) is 5.75 Å². The zero-order chi connectivity index (χ0) is 21.3. The highest BCUT2D eigenvalue weighted by Crippen LogP contribution is 2.39. The van der Waals surface area contributed by atoms with E-state index < -0.39 is 17.6 Å². The summed E-state index contributed by atoms with van der Waals surface area (Å²) in [6.07, 6.45) is -2.89. The molecule has 30 heavy (non-hydrogen) atoms. The zero-order valence-corrected chi connectivity index (χ0v) is 15.6. The quantitative estimate of drug-likeness (QED) is 0.661. The molecule has 1 aromatic heterocycles. The van der Waals surface area contributed by atoms with Crippen molar-refractivity contribution in [2.24, 2.45) is 0 Å². The molecule has 6 nitrogen and oxygen atoms in total. The van der Waals surface area contributed by atoms with E-state index in [0.717, 1.165) is 12.1 Å². The van der Waals surface area contributed by atoms with Crippen LogP contribution in [-0.4, -0.2) is 24.0 Å². The van der Waals surface area contributed by atoms with Crippen molar-refractivity contribution in [3.63, 3.8) is 0 Å². The molecule has 1 aliphatic rings. The van der Waals surface area contributed by atoms with Gasteiger partial charge in [0.1, 0.15) is 12.4 Å². The molecular weight excluding hydrogens is 397 g/mol. The first-order valence-electron chi connectivity index (χ1n) is 9.06. The lowest BCUT2D eigenvalue weighted by molar-refractivity contribution is -0.137. The number of hydrogen-bond acceptors (Lipinski definition) is 5. The van der Waals surface area contributed by atoms with Crippen LogP contribution in [0.5, 0.6) is 5.75 Å². The van der Waals surface area contributed by atoms with E-state index in [1.54, 1.807) is 36.5 Å². The smallest absolute Gasteiger partial charge is 0.416 e. The molecule has 9 heteroatoms. The number of benzene rings is 2. The highest BCUT2D eigenvalue weighted by Gasteiger charge is 2.30. The lowest BCUT2D eigenvalue weighted by atomic mass is 10.1. The van der Waals surface area contributed by atoms with Crippen molar-refractivity contribution in [1.82, 2.24) is 4.98 Å². The Labute approximate surface area is 170 Å². The molecule has 0 saturated carbocycles. The van der Waals surface area contributed by atoms with E-state index >= 15 is 0 Å². The highest BCUT2D eigenvalue weighted by molar-refractivity contribution is 6.07. The van der Waals surface area contributed by atoms with Gasteiger partial charge in [-0.3, -0.25) is 4.79 Å². The molecule has 0 fully saturated rings. The summed E-state index contributed by atoms with van der Waals surface area (Å²) >= 11 is 0. The van der Waals surface area contributed by atoms with Gasteiger partial charge >= 0.3 is 6.18 Å². The Morgan fingerprint density at radius 1 is 1.10 bits per heavy atom. The molecule has 4 rings (SSSR count). The second-order valence-corrected chi connectivity index (χ2v) is 6.63. The predicted octanol–water partition coefficient (Wildman–Crippen LogP) is 4.47. The van der Waals surface area contributed by atoms with Crippen molar-refractivity contribution in [2.75, 3.05) is 29.1 Å². The van der Waals surface area contributed by atoms with Gasteiger partial charge in [0.2, 0.25) is 0 Å². The first-order valence-corrected chi connectivity index (χ1v) is 9.06. The second kappa shape index (κ2) is 7.58. The number of carbonyl (C=O) groups is 1. The van der Waals surface area contributed by atoms with Crippen LogP contribution in [0.1, 0.15) is 15.9 Å². The normalized spacial score (nSPS) is 13.4. The van der Waals surface area contributed by atoms with Crippen LogP contribution in [0.15, 0.2) is 60.8 Å². The summed E-state index contributed by atoms with van der Waals surface area (Å²) in [5, 5.41) is 2.61. The zero-order valence-electron chi connectivity index (χ0n) is 15.6. The molecule has 0 bridgehead atoms. The summed E-state index contributed by atoms with van der Waals surface area (Å²) < 4.78 is 43.9. The van der Waals surface area contributed by atoms with E-state index in [2.05, 4.69) is 10.3 Å². The fourth-order valence-corrected chi connectivity index (χ4v) is 3.16. The number of carbonyl (C=O) groups excluding carboxylic acids is 1. The van der Waals surface area contributed by atoms with Crippen LogP contribution in [0.25, 0.3) is 0 Å². The lowest BCUT2D eigenvalue weighted by Crippen LogP contribution is -2.30. The molecule has 1 aliphatic heterocycles. The molecule has 3 N–H and O–H groups in total. The molecule has 1 amide bonds. The fraction of sp³-hybridized carbons (Fsp3) is 0.143. The van der Waals surface area contributed by atoms with Crippen LogP contribution < -0.4 is 20.7 Å². The van der Waals surface area contributed by atoms with Gasteiger partial charge in [-0.25, -0.2) is 4.98 Å². The second-order valence-electron chi connectivity index (χ2n) is 6.63. The number of nitrogen functional groups attached to an aromatic ring is 1. The van der Waals surface area contributed by atoms with E-state index in [-0.39, 0.29) is 11.3 Å². The Bertz CT molecular complexity index is 1070. The Morgan fingerprint density at radius 3 is 2.53 bits per heavy atom. The molecule has 2 aromatic carbocycles. The number of nitrogens with two attached hydrogens (primary N) is 1. The number of nitrogens with zero attached hydrogens (tertiary/aromatic N) is 2. The summed E-state index contributed by atoms with van der Waals surface area (Å²) in [4.78, 5) is 19.0. The lowest BCUT2D eigenvalue weighted by Gasteiger charge is -2.31. The van der Waals surface area contributed by atoms with Gasteiger partial charge in [-0.1, -0.05) is 6.07 Å². The van der Waals surface area contributed by atoms with Crippen molar-refractivity contribution in [1.29, 1.82) is 0 Å². The number of rotatable bonds is 3. The number of ether oxygens (including phenoxy) is 1. The molecule has 2 heterocycles. The van der Waals surface area contributed by atoms with Crippen molar-refractivity contribution >= 4 is 28.8 Å². The molecule has 0 unspecified atom stereocenters. The molecule has 0 spiro atoms. The average molecular weight is 414 g/mol. The molecule has 0 radical (unpaired) electrons. The molecule has 0 aliphatic carbocycles. The highest BCUT2D eigenvalue weighted by atomic mass is 19.4. The number of halogens is 3.